The third-order valence-corrected chi connectivity index (χ3v) is 5.07. The van der Waals surface area contributed by atoms with Crippen LogP contribution < -0.4 is 0 Å². The molecule has 0 fully saturated rings. The standard InChI is InChI=1S/C15H11BrClNS/c1-9-15(19-11-7-5-10(17)6-8-11)14-12(16)3-2-4-13(14)18-9/h2-8,18H,1H3. The Balaban J connectivity index is 2.09. The molecule has 1 N–H and O–H groups in total. The normalized spacial score (nSPS) is 11.1. The van der Waals surface area contributed by atoms with Gasteiger partial charge in [-0.1, -0.05) is 45.4 Å². The summed E-state index contributed by atoms with van der Waals surface area (Å²) in [5.74, 6) is 0. The Morgan fingerprint density at radius 2 is 1.84 bits per heavy atom. The van der Waals surface area contributed by atoms with Gasteiger partial charge in [0.1, 0.15) is 0 Å². The van der Waals surface area contributed by atoms with E-state index in [1.165, 1.54) is 20.9 Å². The molecule has 0 aliphatic heterocycles. The first kappa shape index (κ1) is 13.1. The zero-order chi connectivity index (χ0) is 13.4. The zero-order valence-electron chi connectivity index (χ0n) is 10.2. The Labute approximate surface area is 129 Å². The molecule has 96 valence electrons. The van der Waals surface area contributed by atoms with Crippen molar-refractivity contribution in [3.8, 4) is 0 Å². The molecular weight excluding hydrogens is 342 g/mol. The minimum absolute atomic E-state index is 0.765. The predicted octanol–water partition coefficient (Wildman–Crippen LogP) is 6.04. The van der Waals surface area contributed by atoms with Crippen LogP contribution in [0.1, 0.15) is 5.69 Å². The molecule has 0 saturated carbocycles. The van der Waals surface area contributed by atoms with Crippen molar-refractivity contribution >= 4 is 50.2 Å². The van der Waals surface area contributed by atoms with E-state index in [9.17, 15) is 0 Å². The summed E-state index contributed by atoms with van der Waals surface area (Å²) in [6, 6.07) is 14.1. The highest BCUT2D eigenvalue weighted by Crippen LogP contribution is 2.39. The van der Waals surface area contributed by atoms with Gasteiger partial charge in [-0.05, 0) is 43.3 Å². The SMILES string of the molecule is Cc1[nH]c2cccc(Br)c2c1Sc1ccc(Cl)cc1. The lowest BCUT2D eigenvalue weighted by Gasteiger charge is -2.03. The first-order valence-corrected chi connectivity index (χ1v) is 7.84. The quantitative estimate of drug-likeness (QED) is 0.594. The van der Waals surface area contributed by atoms with Crippen LogP contribution in [0.3, 0.4) is 0 Å². The van der Waals surface area contributed by atoms with Gasteiger partial charge in [0.15, 0.2) is 0 Å². The summed E-state index contributed by atoms with van der Waals surface area (Å²) in [5.41, 5.74) is 2.34. The fourth-order valence-corrected chi connectivity index (χ4v) is 3.91. The smallest absolute Gasteiger partial charge is 0.0479 e. The third kappa shape index (κ3) is 2.55. The van der Waals surface area contributed by atoms with E-state index in [4.69, 9.17) is 11.6 Å². The van der Waals surface area contributed by atoms with Gasteiger partial charge in [-0.2, -0.15) is 0 Å². The molecule has 0 aliphatic rings. The van der Waals surface area contributed by atoms with Gasteiger partial charge >= 0.3 is 0 Å². The second kappa shape index (κ2) is 5.23. The molecule has 0 aliphatic carbocycles. The van der Waals surface area contributed by atoms with Crippen LogP contribution in [-0.4, -0.2) is 4.98 Å². The maximum absolute atomic E-state index is 5.92. The van der Waals surface area contributed by atoms with Crippen molar-refractivity contribution in [2.45, 2.75) is 16.7 Å². The Bertz CT molecular complexity index is 734. The lowest BCUT2D eigenvalue weighted by Crippen LogP contribution is -1.76. The second-order valence-corrected chi connectivity index (χ2v) is 6.67. The van der Waals surface area contributed by atoms with Gasteiger partial charge in [0.2, 0.25) is 0 Å². The molecule has 4 heteroatoms. The minimum Gasteiger partial charge on any atom is -0.358 e. The first-order valence-electron chi connectivity index (χ1n) is 5.85. The van der Waals surface area contributed by atoms with Gasteiger partial charge in [0.05, 0.1) is 0 Å². The molecule has 19 heavy (non-hydrogen) atoms. The molecule has 0 bridgehead atoms. The van der Waals surface area contributed by atoms with Crippen molar-refractivity contribution in [1.29, 1.82) is 0 Å². The van der Waals surface area contributed by atoms with E-state index in [1.807, 2.05) is 30.3 Å². The molecule has 3 rings (SSSR count). The van der Waals surface area contributed by atoms with Gasteiger partial charge in [-0.3, -0.25) is 0 Å². The van der Waals surface area contributed by atoms with Crippen molar-refractivity contribution in [2.75, 3.05) is 0 Å². The number of hydrogen-bond donors (Lipinski definition) is 1. The lowest BCUT2D eigenvalue weighted by atomic mass is 10.2. The van der Waals surface area contributed by atoms with Gasteiger partial charge in [0.25, 0.3) is 0 Å². The van der Waals surface area contributed by atoms with Gasteiger partial charge in [-0.15, -0.1) is 0 Å². The predicted molar refractivity (Wildman–Crippen MR) is 86.3 cm³/mol. The number of aromatic nitrogens is 1. The van der Waals surface area contributed by atoms with Gasteiger partial charge in [-0.25, -0.2) is 0 Å². The average Bonchev–Trinajstić information content (AvgIpc) is 2.70. The summed E-state index contributed by atoms with van der Waals surface area (Å²) in [7, 11) is 0. The number of benzene rings is 2. The minimum atomic E-state index is 0.765. The van der Waals surface area contributed by atoms with Crippen LogP contribution in [0, 0.1) is 6.92 Å². The highest BCUT2D eigenvalue weighted by Gasteiger charge is 2.12. The van der Waals surface area contributed by atoms with Gasteiger partial charge < -0.3 is 4.98 Å². The molecule has 0 unspecified atom stereocenters. The summed E-state index contributed by atoms with van der Waals surface area (Å²) in [4.78, 5) is 5.86. The van der Waals surface area contributed by atoms with Crippen molar-refractivity contribution < 1.29 is 0 Å². The largest absolute Gasteiger partial charge is 0.358 e. The van der Waals surface area contributed by atoms with E-state index in [2.05, 4.69) is 40.0 Å². The first-order chi connectivity index (χ1) is 9.15. The molecule has 1 aromatic heterocycles. The fourth-order valence-electron chi connectivity index (χ4n) is 2.05. The summed E-state index contributed by atoms with van der Waals surface area (Å²) in [6.07, 6.45) is 0. The van der Waals surface area contributed by atoms with Crippen LogP contribution in [0.25, 0.3) is 10.9 Å². The monoisotopic (exact) mass is 351 g/mol. The molecule has 1 heterocycles. The third-order valence-electron chi connectivity index (χ3n) is 2.94. The Morgan fingerprint density at radius 1 is 1.11 bits per heavy atom. The topological polar surface area (TPSA) is 15.8 Å². The number of aryl methyl sites for hydroxylation is 1. The lowest BCUT2D eigenvalue weighted by molar-refractivity contribution is 1.22. The average molecular weight is 353 g/mol. The number of H-pyrrole nitrogens is 1. The maximum Gasteiger partial charge on any atom is 0.0479 e. The highest BCUT2D eigenvalue weighted by atomic mass is 79.9. The number of hydrogen-bond acceptors (Lipinski definition) is 1. The van der Waals surface area contributed by atoms with Crippen molar-refractivity contribution in [2.24, 2.45) is 0 Å². The van der Waals surface area contributed by atoms with E-state index in [1.54, 1.807) is 11.8 Å². The van der Waals surface area contributed by atoms with Crippen LogP contribution >= 0.6 is 39.3 Å². The number of nitrogens with one attached hydrogen (secondary N) is 1. The summed E-state index contributed by atoms with van der Waals surface area (Å²) >= 11 is 11.3. The van der Waals surface area contributed by atoms with E-state index in [-0.39, 0.29) is 0 Å². The van der Waals surface area contributed by atoms with E-state index in [0.29, 0.717) is 0 Å². The molecule has 3 aromatic rings. The Hall–Kier alpha value is -0.900. The van der Waals surface area contributed by atoms with Crippen LogP contribution in [0.15, 0.2) is 56.7 Å². The van der Waals surface area contributed by atoms with E-state index < -0.39 is 0 Å². The number of halogens is 2. The molecule has 2 aromatic carbocycles. The number of aromatic amines is 1. The number of fused-ring (bicyclic) bond motifs is 1. The molecule has 0 amide bonds. The fraction of sp³-hybridized carbons (Fsp3) is 0.0667. The molecule has 0 spiro atoms. The second-order valence-electron chi connectivity index (χ2n) is 4.30. The van der Waals surface area contributed by atoms with Gasteiger partial charge in [0, 0.05) is 35.9 Å². The highest BCUT2D eigenvalue weighted by molar-refractivity contribution is 9.10. The van der Waals surface area contributed by atoms with E-state index in [0.717, 1.165) is 15.0 Å². The molecular formula is C15H11BrClNS. The van der Waals surface area contributed by atoms with E-state index >= 15 is 0 Å². The molecule has 0 atom stereocenters. The molecule has 0 radical (unpaired) electrons. The molecule has 0 saturated heterocycles. The maximum atomic E-state index is 5.92. The zero-order valence-corrected chi connectivity index (χ0v) is 13.4. The van der Waals surface area contributed by atoms with Crippen LogP contribution in [0.4, 0.5) is 0 Å². The Morgan fingerprint density at radius 3 is 2.58 bits per heavy atom. The summed E-state index contributed by atoms with van der Waals surface area (Å²) in [5, 5.41) is 2.00. The van der Waals surface area contributed by atoms with Crippen LogP contribution in [0.5, 0.6) is 0 Å². The summed E-state index contributed by atoms with van der Waals surface area (Å²) < 4.78 is 1.12. The molecule has 1 nitrogen and oxygen atoms in total. The summed E-state index contributed by atoms with van der Waals surface area (Å²) in [6.45, 7) is 2.10. The van der Waals surface area contributed by atoms with Crippen molar-refractivity contribution in [3.05, 3.63) is 57.7 Å². The van der Waals surface area contributed by atoms with Crippen LogP contribution in [-0.2, 0) is 0 Å². The number of rotatable bonds is 2. The Kier molecular flexibility index (Phi) is 3.61. The van der Waals surface area contributed by atoms with Crippen LogP contribution in [0.2, 0.25) is 5.02 Å². The van der Waals surface area contributed by atoms with Crippen molar-refractivity contribution in [3.63, 3.8) is 0 Å². The van der Waals surface area contributed by atoms with Crippen molar-refractivity contribution in [1.82, 2.24) is 4.98 Å².